The molecule has 0 bridgehead atoms. The summed E-state index contributed by atoms with van der Waals surface area (Å²) in [6.07, 6.45) is 2.98. The molecule has 0 aromatic heterocycles. The van der Waals surface area contributed by atoms with Crippen LogP contribution in [-0.4, -0.2) is 24.6 Å². The van der Waals surface area contributed by atoms with E-state index < -0.39 is 11.8 Å². The van der Waals surface area contributed by atoms with Crippen molar-refractivity contribution in [2.45, 2.75) is 19.8 Å². The summed E-state index contributed by atoms with van der Waals surface area (Å²) in [6.45, 7) is 7.91. The number of nitrogens with zero attached hydrogens (tertiary/aromatic N) is 1. The average Bonchev–Trinajstić information content (AvgIpc) is 2.45. The van der Waals surface area contributed by atoms with E-state index in [9.17, 15) is 9.59 Å². The molecule has 0 unspecified atom stereocenters. The maximum absolute atomic E-state index is 11.3. The van der Waals surface area contributed by atoms with Gasteiger partial charge in [0, 0.05) is 6.54 Å². The molecule has 0 heterocycles. The van der Waals surface area contributed by atoms with Crippen molar-refractivity contribution in [2.24, 2.45) is 5.10 Å². The number of hydrogen-bond acceptors (Lipinski definition) is 3. The van der Waals surface area contributed by atoms with Crippen LogP contribution in [0, 0.1) is 0 Å². The van der Waals surface area contributed by atoms with Crippen molar-refractivity contribution in [1.82, 2.24) is 10.7 Å². The summed E-state index contributed by atoms with van der Waals surface area (Å²) in [6, 6.07) is 7.82. The van der Waals surface area contributed by atoms with Crippen molar-refractivity contribution in [2.75, 3.05) is 6.54 Å². The highest BCUT2D eigenvalue weighted by Gasteiger charge is 2.10. The largest absolute Gasteiger partial charge is 0.344 e. The fourth-order valence-electron chi connectivity index (χ4n) is 1.43. The number of carbonyl (C=O) groups is 2. The summed E-state index contributed by atoms with van der Waals surface area (Å²) >= 11 is 0. The topological polar surface area (TPSA) is 70.6 Å². The Morgan fingerprint density at radius 3 is 2.45 bits per heavy atom. The summed E-state index contributed by atoms with van der Waals surface area (Å²) in [4.78, 5) is 22.5. The standard InChI is InChI=1S/C15H19N3O2/c1-4-9-16-14(19)15(20)18-17-10-12-5-7-13(8-6-12)11(2)3/h4-8,10-11H,1,9H2,2-3H3,(H,16,19)(H,18,20)/b17-10-. The first-order chi connectivity index (χ1) is 9.54. The quantitative estimate of drug-likeness (QED) is 0.370. The second-order valence-electron chi connectivity index (χ2n) is 4.52. The van der Waals surface area contributed by atoms with Gasteiger partial charge in [0.2, 0.25) is 0 Å². The average molecular weight is 273 g/mol. The Balaban J connectivity index is 2.50. The molecule has 106 valence electrons. The first-order valence-electron chi connectivity index (χ1n) is 6.36. The maximum atomic E-state index is 11.3. The smallest absolute Gasteiger partial charge is 0.329 e. The van der Waals surface area contributed by atoms with Crippen molar-refractivity contribution in [3.63, 3.8) is 0 Å². The lowest BCUT2D eigenvalue weighted by atomic mass is 10.0. The van der Waals surface area contributed by atoms with E-state index in [2.05, 4.69) is 36.3 Å². The zero-order valence-electron chi connectivity index (χ0n) is 11.7. The molecule has 2 amide bonds. The molecule has 0 fully saturated rings. The van der Waals surface area contributed by atoms with E-state index in [0.717, 1.165) is 5.56 Å². The van der Waals surface area contributed by atoms with E-state index in [0.29, 0.717) is 5.92 Å². The molecule has 0 aliphatic heterocycles. The lowest BCUT2D eigenvalue weighted by Gasteiger charge is -2.04. The van der Waals surface area contributed by atoms with Gasteiger partial charge in [-0.15, -0.1) is 6.58 Å². The van der Waals surface area contributed by atoms with Crippen LogP contribution in [-0.2, 0) is 9.59 Å². The monoisotopic (exact) mass is 273 g/mol. The minimum atomic E-state index is -0.804. The number of rotatable bonds is 5. The van der Waals surface area contributed by atoms with Crippen molar-refractivity contribution in [3.8, 4) is 0 Å². The summed E-state index contributed by atoms with van der Waals surface area (Å²) in [7, 11) is 0. The Labute approximate surface area is 118 Å². The molecule has 0 radical (unpaired) electrons. The molecule has 1 aromatic rings. The molecule has 2 N–H and O–H groups in total. The molecule has 0 atom stereocenters. The van der Waals surface area contributed by atoms with Gasteiger partial charge in [-0.05, 0) is 17.0 Å². The summed E-state index contributed by atoms with van der Waals surface area (Å²) in [5, 5.41) is 6.09. The Morgan fingerprint density at radius 2 is 1.90 bits per heavy atom. The maximum Gasteiger partial charge on any atom is 0.329 e. The van der Waals surface area contributed by atoms with Crippen LogP contribution < -0.4 is 10.7 Å². The van der Waals surface area contributed by atoms with Crippen LogP contribution in [0.25, 0.3) is 0 Å². The number of carbonyl (C=O) groups excluding carboxylic acids is 2. The van der Waals surface area contributed by atoms with E-state index in [1.807, 2.05) is 24.3 Å². The zero-order chi connectivity index (χ0) is 15.0. The Kier molecular flexibility index (Phi) is 6.16. The van der Waals surface area contributed by atoms with Crippen LogP contribution >= 0.6 is 0 Å². The number of nitrogens with one attached hydrogen (secondary N) is 2. The third kappa shape index (κ3) is 5.06. The zero-order valence-corrected chi connectivity index (χ0v) is 11.7. The predicted molar refractivity (Wildman–Crippen MR) is 79.5 cm³/mol. The van der Waals surface area contributed by atoms with Gasteiger partial charge < -0.3 is 5.32 Å². The van der Waals surface area contributed by atoms with E-state index in [4.69, 9.17) is 0 Å². The molecule has 1 rings (SSSR count). The summed E-state index contributed by atoms with van der Waals surface area (Å²) in [5.41, 5.74) is 4.24. The summed E-state index contributed by atoms with van der Waals surface area (Å²) in [5.74, 6) is -1.08. The molecule has 0 saturated heterocycles. The first-order valence-corrected chi connectivity index (χ1v) is 6.36. The van der Waals surface area contributed by atoms with Gasteiger partial charge in [0.25, 0.3) is 0 Å². The molecule has 5 nitrogen and oxygen atoms in total. The van der Waals surface area contributed by atoms with Crippen LogP contribution in [0.15, 0.2) is 42.0 Å². The minimum absolute atomic E-state index is 0.243. The van der Waals surface area contributed by atoms with Crippen molar-refractivity contribution >= 4 is 18.0 Å². The van der Waals surface area contributed by atoms with Crippen LogP contribution in [0.5, 0.6) is 0 Å². The van der Waals surface area contributed by atoms with E-state index in [-0.39, 0.29) is 6.54 Å². The van der Waals surface area contributed by atoms with Gasteiger partial charge in [0.05, 0.1) is 6.21 Å². The molecule has 0 aliphatic carbocycles. The van der Waals surface area contributed by atoms with Gasteiger partial charge >= 0.3 is 11.8 Å². The highest BCUT2D eigenvalue weighted by Crippen LogP contribution is 2.13. The third-order valence-corrected chi connectivity index (χ3v) is 2.60. The number of hydrazone groups is 1. The molecule has 20 heavy (non-hydrogen) atoms. The van der Waals surface area contributed by atoms with E-state index in [1.165, 1.54) is 17.9 Å². The highest BCUT2D eigenvalue weighted by atomic mass is 16.2. The normalized spacial score (nSPS) is 10.6. The predicted octanol–water partition coefficient (Wildman–Crippen LogP) is 1.56. The fraction of sp³-hybridized carbons (Fsp3) is 0.267. The van der Waals surface area contributed by atoms with Crippen molar-refractivity contribution in [1.29, 1.82) is 0 Å². The van der Waals surface area contributed by atoms with Gasteiger partial charge in [0.15, 0.2) is 0 Å². The summed E-state index contributed by atoms with van der Waals surface area (Å²) < 4.78 is 0. The van der Waals surface area contributed by atoms with Gasteiger partial charge in [-0.2, -0.15) is 5.10 Å². The Morgan fingerprint density at radius 1 is 1.25 bits per heavy atom. The van der Waals surface area contributed by atoms with Gasteiger partial charge in [0.1, 0.15) is 0 Å². The second kappa shape index (κ2) is 7.89. The number of amides is 2. The fourth-order valence-corrected chi connectivity index (χ4v) is 1.43. The Hall–Kier alpha value is -2.43. The van der Waals surface area contributed by atoms with Gasteiger partial charge in [-0.3, -0.25) is 9.59 Å². The minimum Gasteiger partial charge on any atom is -0.344 e. The molecule has 0 aliphatic rings. The van der Waals surface area contributed by atoms with Gasteiger partial charge in [-0.1, -0.05) is 44.2 Å². The lowest BCUT2D eigenvalue weighted by molar-refractivity contribution is -0.139. The molecule has 1 aromatic carbocycles. The molecule has 5 heteroatoms. The van der Waals surface area contributed by atoms with Crippen LogP contribution in [0.2, 0.25) is 0 Å². The number of hydrogen-bond donors (Lipinski definition) is 2. The Bertz CT molecular complexity index is 504. The third-order valence-electron chi connectivity index (χ3n) is 2.60. The molecule has 0 spiro atoms. The number of benzene rings is 1. The highest BCUT2D eigenvalue weighted by molar-refractivity contribution is 6.35. The molecular weight excluding hydrogens is 254 g/mol. The van der Waals surface area contributed by atoms with Crippen molar-refractivity contribution < 1.29 is 9.59 Å². The SMILES string of the molecule is C=CCNC(=O)C(=O)N/N=C\c1ccc(C(C)C)cc1. The molecular formula is C15H19N3O2. The van der Waals surface area contributed by atoms with Crippen molar-refractivity contribution in [3.05, 3.63) is 48.0 Å². The lowest BCUT2D eigenvalue weighted by Crippen LogP contribution is -2.37. The van der Waals surface area contributed by atoms with E-state index >= 15 is 0 Å². The first kappa shape index (κ1) is 15.6. The van der Waals surface area contributed by atoms with Crippen LogP contribution in [0.1, 0.15) is 30.9 Å². The van der Waals surface area contributed by atoms with E-state index in [1.54, 1.807) is 0 Å². The van der Waals surface area contributed by atoms with Crippen LogP contribution in [0.3, 0.4) is 0 Å². The molecule has 0 saturated carbocycles. The second-order valence-corrected chi connectivity index (χ2v) is 4.52. The van der Waals surface area contributed by atoms with Crippen LogP contribution in [0.4, 0.5) is 0 Å². The van der Waals surface area contributed by atoms with Gasteiger partial charge in [-0.25, -0.2) is 5.43 Å².